The van der Waals surface area contributed by atoms with Crippen LogP contribution in [0.15, 0.2) is 23.4 Å². The lowest BCUT2D eigenvalue weighted by atomic mass is 9.99. The van der Waals surface area contributed by atoms with Crippen LogP contribution in [0.2, 0.25) is 0 Å². The van der Waals surface area contributed by atoms with Crippen LogP contribution in [0.5, 0.6) is 0 Å². The summed E-state index contributed by atoms with van der Waals surface area (Å²) in [5.74, 6) is 0.328. The standard InChI is InChI=1S/C15H23N3O/c1-12-7-8-14-13(11-12)5-4-10-18(14)9-3-2-6-15(16)17-19/h7-8,11,19H,2-6,9-10H2,1H3,(H2,16,17). The summed E-state index contributed by atoms with van der Waals surface area (Å²) in [6, 6.07) is 6.73. The fraction of sp³-hybridized carbons (Fsp3) is 0.533. The molecule has 4 nitrogen and oxygen atoms in total. The largest absolute Gasteiger partial charge is 0.409 e. The van der Waals surface area contributed by atoms with Gasteiger partial charge in [0.15, 0.2) is 0 Å². The molecule has 19 heavy (non-hydrogen) atoms. The van der Waals surface area contributed by atoms with E-state index < -0.39 is 0 Å². The predicted octanol–water partition coefficient (Wildman–Crippen LogP) is 2.66. The minimum Gasteiger partial charge on any atom is -0.409 e. The topological polar surface area (TPSA) is 61.8 Å². The normalized spacial score (nSPS) is 15.4. The van der Waals surface area contributed by atoms with E-state index in [0.717, 1.165) is 25.9 Å². The van der Waals surface area contributed by atoms with Crippen LogP contribution in [0.25, 0.3) is 0 Å². The molecule has 0 saturated heterocycles. The van der Waals surface area contributed by atoms with Gasteiger partial charge in [-0.1, -0.05) is 22.9 Å². The Labute approximate surface area is 114 Å². The first-order valence-corrected chi connectivity index (χ1v) is 7.01. The van der Waals surface area contributed by atoms with Crippen LogP contribution in [-0.4, -0.2) is 24.1 Å². The fourth-order valence-electron chi connectivity index (χ4n) is 2.69. The molecule has 1 aliphatic rings. The zero-order valence-corrected chi connectivity index (χ0v) is 11.6. The van der Waals surface area contributed by atoms with Gasteiger partial charge in [0.05, 0.1) is 0 Å². The van der Waals surface area contributed by atoms with E-state index in [9.17, 15) is 0 Å². The average molecular weight is 261 g/mol. The molecule has 0 fully saturated rings. The molecule has 0 amide bonds. The zero-order chi connectivity index (χ0) is 13.7. The Kier molecular flexibility index (Phi) is 4.66. The lowest BCUT2D eigenvalue weighted by Gasteiger charge is -2.31. The van der Waals surface area contributed by atoms with E-state index in [1.807, 2.05) is 0 Å². The first-order valence-electron chi connectivity index (χ1n) is 7.01. The van der Waals surface area contributed by atoms with Crippen LogP contribution >= 0.6 is 0 Å². The van der Waals surface area contributed by atoms with Crippen LogP contribution in [0.4, 0.5) is 5.69 Å². The molecule has 1 aromatic carbocycles. The summed E-state index contributed by atoms with van der Waals surface area (Å²) in [5.41, 5.74) is 9.68. The van der Waals surface area contributed by atoms with Crippen molar-refractivity contribution in [3.63, 3.8) is 0 Å². The molecule has 1 aromatic rings. The van der Waals surface area contributed by atoms with Gasteiger partial charge < -0.3 is 15.8 Å². The van der Waals surface area contributed by atoms with Gasteiger partial charge in [-0.2, -0.15) is 0 Å². The molecule has 2 rings (SSSR count). The van der Waals surface area contributed by atoms with Gasteiger partial charge in [-0.25, -0.2) is 0 Å². The van der Waals surface area contributed by atoms with Crippen molar-refractivity contribution in [2.45, 2.75) is 39.0 Å². The summed E-state index contributed by atoms with van der Waals surface area (Å²) in [6.07, 6.45) is 5.14. The molecular formula is C15H23N3O. The highest BCUT2D eigenvalue weighted by molar-refractivity contribution is 5.79. The third-order valence-electron chi connectivity index (χ3n) is 3.69. The first-order chi connectivity index (χ1) is 9.20. The quantitative estimate of drug-likeness (QED) is 0.282. The molecule has 1 heterocycles. The summed E-state index contributed by atoms with van der Waals surface area (Å²) in [7, 11) is 0. The Bertz CT molecular complexity index is 457. The van der Waals surface area contributed by atoms with Crippen LogP contribution < -0.4 is 10.6 Å². The van der Waals surface area contributed by atoms with Gasteiger partial charge in [0, 0.05) is 25.2 Å². The lowest BCUT2D eigenvalue weighted by Crippen LogP contribution is -2.30. The number of fused-ring (bicyclic) bond motifs is 1. The minimum absolute atomic E-state index is 0.328. The maximum absolute atomic E-state index is 8.49. The molecule has 0 aromatic heterocycles. The van der Waals surface area contributed by atoms with Gasteiger partial charge in [0.25, 0.3) is 0 Å². The third-order valence-corrected chi connectivity index (χ3v) is 3.69. The average Bonchev–Trinajstić information content (AvgIpc) is 2.42. The summed E-state index contributed by atoms with van der Waals surface area (Å²) in [6.45, 7) is 4.34. The molecule has 3 N–H and O–H groups in total. The molecule has 0 spiro atoms. The molecular weight excluding hydrogens is 238 g/mol. The van der Waals surface area contributed by atoms with Crippen molar-refractivity contribution >= 4 is 11.5 Å². The molecule has 0 saturated carbocycles. The molecule has 104 valence electrons. The Morgan fingerprint density at radius 1 is 1.42 bits per heavy atom. The number of nitrogens with two attached hydrogens (primary N) is 1. The summed E-state index contributed by atoms with van der Waals surface area (Å²) >= 11 is 0. The highest BCUT2D eigenvalue weighted by atomic mass is 16.4. The first kappa shape index (κ1) is 13.7. The van der Waals surface area contributed by atoms with Crippen LogP contribution in [0, 0.1) is 6.92 Å². The number of amidine groups is 1. The number of nitrogens with zero attached hydrogens (tertiary/aromatic N) is 2. The van der Waals surface area contributed by atoms with Crippen molar-refractivity contribution in [1.82, 2.24) is 0 Å². The highest BCUT2D eigenvalue weighted by Gasteiger charge is 2.16. The Balaban J connectivity index is 1.89. The number of hydrogen-bond donors (Lipinski definition) is 2. The van der Waals surface area contributed by atoms with Crippen molar-refractivity contribution in [2.75, 3.05) is 18.0 Å². The number of rotatable bonds is 5. The van der Waals surface area contributed by atoms with Gasteiger partial charge >= 0.3 is 0 Å². The molecule has 0 atom stereocenters. The number of hydrogen-bond acceptors (Lipinski definition) is 3. The van der Waals surface area contributed by atoms with Crippen molar-refractivity contribution in [2.24, 2.45) is 10.9 Å². The van der Waals surface area contributed by atoms with E-state index in [0.29, 0.717) is 12.3 Å². The number of aryl methyl sites for hydroxylation is 2. The van der Waals surface area contributed by atoms with Gasteiger partial charge in [0.1, 0.15) is 5.84 Å². The highest BCUT2D eigenvalue weighted by Crippen LogP contribution is 2.28. The van der Waals surface area contributed by atoms with Crippen molar-refractivity contribution in [3.05, 3.63) is 29.3 Å². The number of benzene rings is 1. The van der Waals surface area contributed by atoms with Crippen molar-refractivity contribution in [1.29, 1.82) is 0 Å². The Morgan fingerprint density at radius 3 is 3.05 bits per heavy atom. The van der Waals surface area contributed by atoms with Gasteiger partial charge in [-0.05, 0) is 44.2 Å². The van der Waals surface area contributed by atoms with Crippen LogP contribution in [0.1, 0.15) is 36.8 Å². The van der Waals surface area contributed by atoms with E-state index in [1.165, 1.54) is 29.7 Å². The van der Waals surface area contributed by atoms with Crippen molar-refractivity contribution in [3.8, 4) is 0 Å². The molecule has 0 unspecified atom stereocenters. The summed E-state index contributed by atoms with van der Waals surface area (Å²) in [4.78, 5) is 2.46. The fourth-order valence-corrected chi connectivity index (χ4v) is 2.69. The maximum Gasteiger partial charge on any atom is 0.139 e. The Hall–Kier alpha value is -1.71. The second-order valence-corrected chi connectivity index (χ2v) is 5.27. The SMILES string of the molecule is Cc1ccc2c(c1)CCCN2CCCCC(N)=NO. The monoisotopic (exact) mass is 261 g/mol. The third kappa shape index (κ3) is 3.63. The molecule has 0 aliphatic carbocycles. The van der Waals surface area contributed by atoms with Gasteiger partial charge in [-0.15, -0.1) is 0 Å². The summed E-state index contributed by atoms with van der Waals surface area (Å²) in [5, 5.41) is 11.5. The number of oxime groups is 1. The molecule has 0 bridgehead atoms. The predicted molar refractivity (Wildman–Crippen MR) is 79.0 cm³/mol. The lowest BCUT2D eigenvalue weighted by molar-refractivity contribution is 0.316. The maximum atomic E-state index is 8.49. The van der Waals surface area contributed by atoms with E-state index >= 15 is 0 Å². The smallest absolute Gasteiger partial charge is 0.139 e. The zero-order valence-electron chi connectivity index (χ0n) is 11.6. The second-order valence-electron chi connectivity index (χ2n) is 5.27. The number of anilines is 1. The van der Waals surface area contributed by atoms with E-state index in [4.69, 9.17) is 10.9 Å². The van der Waals surface area contributed by atoms with Crippen LogP contribution in [0.3, 0.4) is 0 Å². The van der Waals surface area contributed by atoms with Gasteiger partial charge in [0.2, 0.25) is 0 Å². The van der Waals surface area contributed by atoms with Gasteiger partial charge in [-0.3, -0.25) is 0 Å². The van der Waals surface area contributed by atoms with E-state index in [1.54, 1.807) is 0 Å². The molecule has 4 heteroatoms. The summed E-state index contributed by atoms with van der Waals surface area (Å²) < 4.78 is 0. The number of unbranched alkanes of at least 4 members (excludes halogenated alkanes) is 1. The van der Waals surface area contributed by atoms with E-state index in [-0.39, 0.29) is 0 Å². The van der Waals surface area contributed by atoms with Crippen molar-refractivity contribution < 1.29 is 5.21 Å². The Morgan fingerprint density at radius 2 is 2.26 bits per heavy atom. The second kappa shape index (κ2) is 6.45. The minimum atomic E-state index is 0.328. The molecule has 1 aliphatic heterocycles. The van der Waals surface area contributed by atoms with E-state index in [2.05, 4.69) is 35.2 Å². The van der Waals surface area contributed by atoms with Crippen LogP contribution in [-0.2, 0) is 6.42 Å². The molecule has 0 radical (unpaired) electrons.